The Hall–Kier alpha value is -3.35. The van der Waals surface area contributed by atoms with E-state index in [1.54, 1.807) is 6.92 Å². The van der Waals surface area contributed by atoms with Crippen LogP contribution in [0.2, 0.25) is 0 Å². The van der Waals surface area contributed by atoms with Crippen molar-refractivity contribution in [2.75, 3.05) is 13.2 Å². The number of nitrogens with one attached hydrogen (secondary N) is 1. The van der Waals surface area contributed by atoms with Crippen LogP contribution in [0.5, 0.6) is 0 Å². The lowest BCUT2D eigenvalue weighted by Gasteiger charge is -2.38. The van der Waals surface area contributed by atoms with Gasteiger partial charge in [0, 0.05) is 18.5 Å². The fourth-order valence-electron chi connectivity index (χ4n) is 6.13. The molecule has 2 aromatic rings. The Kier molecular flexibility index (Phi) is 6.26. The quantitative estimate of drug-likeness (QED) is 0.660. The van der Waals surface area contributed by atoms with Crippen LogP contribution in [-0.2, 0) is 14.3 Å². The van der Waals surface area contributed by atoms with Crippen LogP contribution in [-0.4, -0.2) is 52.7 Å². The van der Waals surface area contributed by atoms with E-state index in [9.17, 15) is 19.5 Å². The lowest BCUT2D eigenvalue weighted by Crippen LogP contribution is -2.56. The van der Waals surface area contributed by atoms with Gasteiger partial charge < -0.3 is 20.1 Å². The predicted molar refractivity (Wildman–Crippen MR) is 131 cm³/mol. The molecule has 2 fully saturated rings. The van der Waals surface area contributed by atoms with E-state index in [4.69, 9.17) is 4.74 Å². The minimum Gasteiger partial charge on any atom is -0.480 e. The molecule has 2 aromatic carbocycles. The maximum absolute atomic E-state index is 13.4. The molecule has 1 saturated heterocycles. The van der Waals surface area contributed by atoms with Crippen molar-refractivity contribution in [2.24, 2.45) is 5.92 Å². The molecule has 184 valence electrons. The number of hydrogen-bond acceptors (Lipinski definition) is 4. The number of aliphatic carboxylic acids is 1. The minimum absolute atomic E-state index is 0.0298. The largest absolute Gasteiger partial charge is 0.480 e. The monoisotopic (exact) mass is 476 g/mol. The normalized spacial score (nSPS) is 25.6. The Balaban J connectivity index is 1.26. The topological polar surface area (TPSA) is 95.9 Å². The highest BCUT2D eigenvalue weighted by Crippen LogP contribution is 2.44. The number of carboxylic acid groups (broad SMARTS) is 1. The summed E-state index contributed by atoms with van der Waals surface area (Å²) in [4.78, 5) is 39.7. The first-order valence-corrected chi connectivity index (χ1v) is 12.6. The number of alkyl carbamates (subject to hydrolysis) is 1. The van der Waals surface area contributed by atoms with E-state index in [0.29, 0.717) is 32.2 Å². The predicted octanol–water partition coefficient (Wildman–Crippen LogP) is 4.55. The highest BCUT2D eigenvalue weighted by molar-refractivity contribution is 5.89. The number of rotatable bonds is 5. The van der Waals surface area contributed by atoms with Crippen molar-refractivity contribution in [3.8, 4) is 11.1 Å². The zero-order valence-corrected chi connectivity index (χ0v) is 20.0. The summed E-state index contributed by atoms with van der Waals surface area (Å²) in [6, 6.07) is 16.0. The third-order valence-corrected chi connectivity index (χ3v) is 8.10. The molecule has 1 saturated carbocycles. The number of carboxylic acids is 1. The van der Waals surface area contributed by atoms with Gasteiger partial charge in [-0.3, -0.25) is 4.79 Å². The summed E-state index contributed by atoms with van der Waals surface area (Å²) in [7, 11) is 0. The number of benzene rings is 2. The maximum atomic E-state index is 13.4. The Morgan fingerprint density at radius 2 is 1.63 bits per heavy atom. The Morgan fingerprint density at radius 3 is 2.29 bits per heavy atom. The molecule has 1 aliphatic heterocycles. The van der Waals surface area contributed by atoms with Gasteiger partial charge in [0.2, 0.25) is 5.91 Å². The van der Waals surface area contributed by atoms with E-state index in [2.05, 4.69) is 29.6 Å². The first-order chi connectivity index (χ1) is 16.9. The molecule has 2 amide bonds. The van der Waals surface area contributed by atoms with Gasteiger partial charge in [0.05, 0.1) is 5.92 Å². The number of fused-ring (bicyclic) bond motifs is 3. The van der Waals surface area contributed by atoms with Crippen molar-refractivity contribution < 1.29 is 24.2 Å². The number of carbonyl (C=O) groups excluding carboxylic acids is 2. The molecule has 5 rings (SSSR count). The average Bonchev–Trinajstić information content (AvgIpc) is 3.42. The van der Waals surface area contributed by atoms with Gasteiger partial charge in [0.25, 0.3) is 0 Å². The number of carbonyl (C=O) groups is 3. The Labute approximate surface area is 205 Å². The van der Waals surface area contributed by atoms with Gasteiger partial charge in [-0.15, -0.1) is 0 Å². The second-order valence-corrected chi connectivity index (χ2v) is 10.1. The van der Waals surface area contributed by atoms with Crippen molar-refractivity contribution in [1.29, 1.82) is 0 Å². The van der Waals surface area contributed by atoms with Gasteiger partial charge in [-0.2, -0.15) is 0 Å². The second kappa shape index (κ2) is 9.36. The Morgan fingerprint density at radius 1 is 1.00 bits per heavy atom. The fourth-order valence-corrected chi connectivity index (χ4v) is 6.13. The van der Waals surface area contributed by atoms with Gasteiger partial charge in [-0.25, -0.2) is 9.59 Å². The molecule has 2 aliphatic carbocycles. The van der Waals surface area contributed by atoms with E-state index in [-0.39, 0.29) is 24.5 Å². The van der Waals surface area contributed by atoms with Crippen LogP contribution >= 0.6 is 0 Å². The van der Waals surface area contributed by atoms with Crippen molar-refractivity contribution >= 4 is 18.0 Å². The van der Waals surface area contributed by atoms with Gasteiger partial charge in [-0.1, -0.05) is 61.4 Å². The highest BCUT2D eigenvalue weighted by Gasteiger charge is 2.48. The fraction of sp³-hybridized carbons (Fsp3) is 0.464. The van der Waals surface area contributed by atoms with Crippen molar-refractivity contribution in [3.05, 3.63) is 59.7 Å². The van der Waals surface area contributed by atoms with Gasteiger partial charge in [0.1, 0.15) is 12.1 Å². The molecule has 7 nitrogen and oxygen atoms in total. The van der Waals surface area contributed by atoms with Crippen LogP contribution in [0.1, 0.15) is 62.5 Å². The molecule has 0 unspecified atom stereocenters. The molecule has 7 heteroatoms. The summed E-state index contributed by atoms with van der Waals surface area (Å²) in [6.45, 7) is 2.28. The van der Waals surface area contributed by atoms with E-state index < -0.39 is 23.5 Å². The first kappa shape index (κ1) is 23.4. The first-order valence-electron chi connectivity index (χ1n) is 12.6. The Bertz CT molecular complexity index is 1100. The molecule has 3 aliphatic rings. The molecule has 0 aromatic heterocycles. The molecule has 0 bridgehead atoms. The number of hydrogen-bond donors (Lipinski definition) is 2. The summed E-state index contributed by atoms with van der Waals surface area (Å²) in [6.07, 6.45) is 3.71. The van der Waals surface area contributed by atoms with Crippen LogP contribution in [0.3, 0.4) is 0 Å². The molecule has 35 heavy (non-hydrogen) atoms. The van der Waals surface area contributed by atoms with Crippen LogP contribution in [0.4, 0.5) is 4.79 Å². The molecule has 3 atom stereocenters. The van der Waals surface area contributed by atoms with Crippen molar-refractivity contribution in [2.45, 2.75) is 62.9 Å². The molecule has 0 spiro atoms. The summed E-state index contributed by atoms with van der Waals surface area (Å²) in [5, 5.41) is 12.7. The van der Waals surface area contributed by atoms with E-state index in [0.717, 1.165) is 24.0 Å². The summed E-state index contributed by atoms with van der Waals surface area (Å²) >= 11 is 0. The van der Waals surface area contributed by atoms with E-state index in [1.165, 1.54) is 16.0 Å². The van der Waals surface area contributed by atoms with Crippen molar-refractivity contribution in [3.63, 3.8) is 0 Å². The molecule has 2 N–H and O–H groups in total. The van der Waals surface area contributed by atoms with Crippen LogP contribution in [0, 0.1) is 5.92 Å². The number of nitrogens with zero attached hydrogens (tertiary/aromatic N) is 1. The standard InChI is InChI=1S/C28H32N2O5/c1-28(26(32)33)15-8-16-30(28)25(31)22-13-6-7-14-24(22)29-27(34)35-17-23-20-11-4-2-9-18(20)19-10-3-5-12-21(19)23/h2-5,9-12,22-24H,6-8,13-17H2,1H3,(H,29,34)(H,32,33)/t22-,24+,28-/m1/s1. The SMILES string of the molecule is C[C@]1(C(=O)O)CCCN1C(=O)[C@@H]1CCCC[C@@H]1NC(=O)OCC1c2ccccc2-c2ccccc21. The molecule has 1 heterocycles. The van der Waals surface area contributed by atoms with Gasteiger partial charge in [-0.05, 0) is 54.9 Å². The van der Waals surface area contributed by atoms with Crippen LogP contribution in [0.25, 0.3) is 11.1 Å². The summed E-state index contributed by atoms with van der Waals surface area (Å²) in [5.41, 5.74) is 3.45. The summed E-state index contributed by atoms with van der Waals surface area (Å²) < 4.78 is 5.71. The zero-order chi connectivity index (χ0) is 24.6. The highest BCUT2D eigenvalue weighted by atomic mass is 16.5. The number of amides is 2. The van der Waals surface area contributed by atoms with Crippen LogP contribution < -0.4 is 5.32 Å². The van der Waals surface area contributed by atoms with Crippen LogP contribution in [0.15, 0.2) is 48.5 Å². The third-order valence-electron chi connectivity index (χ3n) is 8.10. The van der Waals surface area contributed by atoms with Crippen molar-refractivity contribution in [1.82, 2.24) is 10.2 Å². The molecule has 0 radical (unpaired) electrons. The van der Waals surface area contributed by atoms with E-state index >= 15 is 0 Å². The summed E-state index contributed by atoms with van der Waals surface area (Å²) in [5.74, 6) is -1.60. The molecular weight excluding hydrogens is 444 g/mol. The smallest absolute Gasteiger partial charge is 0.407 e. The maximum Gasteiger partial charge on any atom is 0.407 e. The molecular formula is C28H32N2O5. The van der Waals surface area contributed by atoms with Gasteiger partial charge in [0.15, 0.2) is 0 Å². The number of likely N-dealkylation sites (tertiary alicyclic amines) is 1. The second-order valence-electron chi connectivity index (χ2n) is 10.1. The lowest BCUT2D eigenvalue weighted by molar-refractivity contribution is -0.157. The average molecular weight is 477 g/mol. The number of ether oxygens (including phenoxy) is 1. The zero-order valence-electron chi connectivity index (χ0n) is 20.0. The van der Waals surface area contributed by atoms with E-state index in [1.807, 2.05) is 24.3 Å². The third kappa shape index (κ3) is 4.17. The minimum atomic E-state index is -1.18. The van der Waals surface area contributed by atoms with Gasteiger partial charge >= 0.3 is 12.1 Å². The lowest BCUT2D eigenvalue weighted by atomic mass is 9.82.